The van der Waals surface area contributed by atoms with Crippen molar-refractivity contribution in [2.45, 2.75) is 38.6 Å². The lowest BCUT2D eigenvalue weighted by Crippen LogP contribution is -2.00. The van der Waals surface area contributed by atoms with Crippen molar-refractivity contribution < 1.29 is 0 Å². The van der Waals surface area contributed by atoms with E-state index in [2.05, 4.69) is 35.2 Å². The Labute approximate surface area is 94.7 Å². The third-order valence-corrected chi connectivity index (χ3v) is 3.07. The largest absolute Gasteiger partial charge is 0.282 e. The first-order valence-corrected chi connectivity index (χ1v) is 5.84. The highest BCUT2D eigenvalue weighted by Crippen LogP contribution is 2.42. The number of rotatable bonds is 3. The van der Waals surface area contributed by atoms with Crippen molar-refractivity contribution in [1.29, 1.82) is 0 Å². The van der Waals surface area contributed by atoms with E-state index in [0.717, 1.165) is 5.69 Å². The monoisotopic (exact) mass is 216 g/mol. The molecule has 2 aromatic heterocycles. The van der Waals surface area contributed by atoms with E-state index in [1.165, 1.54) is 24.1 Å². The molecule has 0 atom stereocenters. The van der Waals surface area contributed by atoms with Crippen LogP contribution in [-0.2, 0) is 0 Å². The van der Waals surface area contributed by atoms with Crippen LogP contribution in [0.15, 0.2) is 18.5 Å². The average molecular weight is 216 g/mol. The molecule has 4 nitrogen and oxygen atoms in total. The van der Waals surface area contributed by atoms with Crippen LogP contribution in [0.5, 0.6) is 0 Å². The van der Waals surface area contributed by atoms with Gasteiger partial charge >= 0.3 is 0 Å². The second-order valence-electron chi connectivity index (χ2n) is 4.75. The maximum Gasteiger partial charge on any atom is 0.0957 e. The molecule has 0 saturated heterocycles. The molecule has 1 N–H and O–H groups in total. The van der Waals surface area contributed by atoms with Gasteiger partial charge in [-0.1, -0.05) is 0 Å². The summed E-state index contributed by atoms with van der Waals surface area (Å²) in [5, 5.41) is 11.8. The van der Waals surface area contributed by atoms with Gasteiger partial charge in [0.25, 0.3) is 0 Å². The zero-order valence-corrected chi connectivity index (χ0v) is 9.64. The molecule has 3 rings (SSSR count). The molecule has 0 aliphatic heterocycles. The third kappa shape index (κ3) is 1.54. The Morgan fingerprint density at radius 2 is 2.25 bits per heavy atom. The second-order valence-corrected chi connectivity index (χ2v) is 4.75. The number of hydrogen-bond acceptors (Lipinski definition) is 2. The molecule has 84 valence electrons. The van der Waals surface area contributed by atoms with Crippen molar-refractivity contribution in [2.75, 3.05) is 0 Å². The van der Waals surface area contributed by atoms with Crippen LogP contribution in [0.2, 0.25) is 0 Å². The second kappa shape index (κ2) is 3.47. The molecule has 0 amide bonds. The molecule has 1 aliphatic rings. The number of hydrogen-bond donors (Lipinski definition) is 1. The van der Waals surface area contributed by atoms with E-state index in [-0.39, 0.29) is 0 Å². The molecule has 0 radical (unpaired) electrons. The van der Waals surface area contributed by atoms with Crippen LogP contribution >= 0.6 is 0 Å². The normalized spacial score (nSPS) is 15.9. The molecular formula is C12H16N4. The molecule has 2 heterocycles. The van der Waals surface area contributed by atoms with E-state index in [9.17, 15) is 0 Å². The summed E-state index contributed by atoms with van der Waals surface area (Å²) in [7, 11) is 0. The van der Waals surface area contributed by atoms with E-state index in [1.54, 1.807) is 0 Å². The molecule has 0 unspecified atom stereocenters. The number of H-pyrrole nitrogens is 1. The lowest BCUT2D eigenvalue weighted by atomic mass is 10.1. The van der Waals surface area contributed by atoms with E-state index in [1.807, 2.05) is 17.1 Å². The summed E-state index contributed by atoms with van der Waals surface area (Å²) < 4.78 is 1.99. The highest BCUT2D eigenvalue weighted by atomic mass is 15.3. The fraction of sp³-hybridized carbons (Fsp3) is 0.500. The van der Waals surface area contributed by atoms with Crippen molar-refractivity contribution in [3.63, 3.8) is 0 Å². The van der Waals surface area contributed by atoms with Gasteiger partial charge in [-0.25, -0.2) is 0 Å². The predicted octanol–water partition coefficient (Wildman–Crippen LogP) is 2.73. The van der Waals surface area contributed by atoms with Gasteiger partial charge in [0.2, 0.25) is 0 Å². The average Bonchev–Trinajstić information content (AvgIpc) is 2.83. The van der Waals surface area contributed by atoms with Crippen molar-refractivity contribution in [3.05, 3.63) is 24.2 Å². The summed E-state index contributed by atoms with van der Waals surface area (Å²) in [4.78, 5) is 0. The van der Waals surface area contributed by atoms with Crippen LogP contribution in [0.1, 0.15) is 44.3 Å². The molecule has 0 aromatic carbocycles. The van der Waals surface area contributed by atoms with Crippen LogP contribution in [0, 0.1) is 0 Å². The van der Waals surface area contributed by atoms with Crippen molar-refractivity contribution in [1.82, 2.24) is 20.0 Å². The van der Waals surface area contributed by atoms with Gasteiger partial charge in [0.15, 0.2) is 0 Å². The van der Waals surface area contributed by atoms with Crippen LogP contribution in [0.4, 0.5) is 0 Å². The number of aromatic nitrogens is 4. The van der Waals surface area contributed by atoms with E-state index < -0.39 is 0 Å². The first-order valence-electron chi connectivity index (χ1n) is 5.84. The molecule has 16 heavy (non-hydrogen) atoms. The van der Waals surface area contributed by atoms with E-state index in [4.69, 9.17) is 0 Å². The highest BCUT2D eigenvalue weighted by Gasteiger charge is 2.28. The van der Waals surface area contributed by atoms with Crippen molar-refractivity contribution in [3.8, 4) is 11.3 Å². The number of nitrogens with zero attached hydrogens (tertiary/aromatic N) is 3. The van der Waals surface area contributed by atoms with Crippen LogP contribution in [0.3, 0.4) is 0 Å². The molecular weight excluding hydrogens is 200 g/mol. The maximum atomic E-state index is 4.58. The summed E-state index contributed by atoms with van der Waals surface area (Å²) in [6, 6.07) is 2.47. The van der Waals surface area contributed by atoms with E-state index >= 15 is 0 Å². The van der Waals surface area contributed by atoms with Gasteiger partial charge in [-0.05, 0) is 32.8 Å². The lowest BCUT2D eigenvalue weighted by molar-refractivity contribution is 0.534. The minimum atomic E-state index is 0.407. The number of aromatic amines is 1. The quantitative estimate of drug-likeness (QED) is 0.857. The van der Waals surface area contributed by atoms with Crippen molar-refractivity contribution in [2.24, 2.45) is 0 Å². The predicted molar refractivity (Wildman–Crippen MR) is 62.2 cm³/mol. The Morgan fingerprint density at radius 1 is 1.44 bits per heavy atom. The van der Waals surface area contributed by atoms with Gasteiger partial charge in [-0.2, -0.15) is 10.2 Å². The summed E-state index contributed by atoms with van der Waals surface area (Å²) >= 11 is 0. The van der Waals surface area contributed by atoms with Gasteiger partial charge in [0, 0.05) is 29.4 Å². The standard InChI is InChI=1S/C12H16N4/c1-8(2)16-6-5-11(15-16)10-7-13-14-12(10)9-3-4-9/h5-9H,3-4H2,1-2H3,(H,13,14). The molecule has 2 aromatic rings. The number of nitrogens with one attached hydrogen (secondary N) is 1. The molecule has 1 saturated carbocycles. The van der Waals surface area contributed by atoms with Crippen LogP contribution in [-0.4, -0.2) is 20.0 Å². The van der Waals surface area contributed by atoms with Gasteiger partial charge in [0.1, 0.15) is 0 Å². The third-order valence-electron chi connectivity index (χ3n) is 3.07. The summed E-state index contributed by atoms with van der Waals surface area (Å²) in [5.74, 6) is 0.682. The maximum absolute atomic E-state index is 4.58. The first-order chi connectivity index (χ1) is 7.75. The summed E-state index contributed by atoms with van der Waals surface area (Å²) in [6.45, 7) is 4.27. The van der Waals surface area contributed by atoms with Crippen molar-refractivity contribution >= 4 is 0 Å². The first kappa shape index (κ1) is 9.63. The lowest BCUT2D eigenvalue weighted by Gasteiger charge is -2.03. The Bertz CT molecular complexity index is 491. The Balaban J connectivity index is 1.97. The highest BCUT2D eigenvalue weighted by molar-refractivity contribution is 5.61. The Hall–Kier alpha value is -1.58. The zero-order valence-electron chi connectivity index (χ0n) is 9.64. The summed E-state index contributed by atoms with van der Waals surface area (Å²) in [6.07, 6.45) is 6.48. The van der Waals surface area contributed by atoms with Crippen LogP contribution in [0.25, 0.3) is 11.3 Å². The van der Waals surface area contributed by atoms with Gasteiger partial charge < -0.3 is 0 Å². The van der Waals surface area contributed by atoms with Gasteiger partial charge in [-0.15, -0.1) is 0 Å². The molecule has 0 bridgehead atoms. The Kier molecular flexibility index (Phi) is 2.09. The fourth-order valence-electron chi connectivity index (χ4n) is 1.95. The topological polar surface area (TPSA) is 46.5 Å². The molecule has 1 aliphatic carbocycles. The van der Waals surface area contributed by atoms with E-state index in [0.29, 0.717) is 12.0 Å². The van der Waals surface area contributed by atoms with Gasteiger partial charge in [-0.3, -0.25) is 9.78 Å². The molecule has 1 fully saturated rings. The minimum Gasteiger partial charge on any atom is -0.282 e. The van der Waals surface area contributed by atoms with Gasteiger partial charge in [0.05, 0.1) is 11.9 Å². The summed E-state index contributed by atoms with van der Waals surface area (Å²) in [5.41, 5.74) is 3.46. The fourth-order valence-corrected chi connectivity index (χ4v) is 1.95. The molecule has 4 heteroatoms. The SMILES string of the molecule is CC(C)n1ccc(-c2cn[nH]c2C2CC2)n1. The zero-order chi connectivity index (χ0) is 11.1. The molecule has 0 spiro atoms. The smallest absolute Gasteiger partial charge is 0.0957 e. The minimum absolute atomic E-state index is 0.407. The van der Waals surface area contributed by atoms with Crippen LogP contribution < -0.4 is 0 Å². The Morgan fingerprint density at radius 3 is 2.88 bits per heavy atom.